The highest BCUT2D eigenvalue weighted by Gasteiger charge is 2.37. The average Bonchev–Trinajstić information content (AvgIpc) is 3.03. The predicted octanol–water partition coefficient (Wildman–Crippen LogP) is 4.55. The lowest BCUT2D eigenvalue weighted by Crippen LogP contribution is -2.62. The molecule has 4 rings (SSSR count). The summed E-state index contributed by atoms with van der Waals surface area (Å²) in [6, 6.07) is 11.7. The summed E-state index contributed by atoms with van der Waals surface area (Å²) < 4.78 is 56.4. The zero-order valence-electron chi connectivity index (χ0n) is 26.7. The zero-order valence-corrected chi connectivity index (χ0v) is 28.3. The van der Waals surface area contributed by atoms with E-state index in [0.717, 1.165) is 31.0 Å². The maximum absolute atomic E-state index is 14.2. The topological polar surface area (TPSA) is 119 Å². The lowest BCUT2D eigenvalue weighted by Gasteiger charge is -2.38. The van der Waals surface area contributed by atoms with Crippen molar-refractivity contribution in [2.45, 2.75) is 63.1 Å². The minimum absolute atomic E-state index is 0.00136. The number of nitrogens with zero attached hydrogens (tertiary/aromatic N) is 2. The van der Waals surface area contributed by atoms with Gasteiger partial charge in [-0.1, -0.05) is 31.5 Å². The average molecular weight is 691 g/mol. The van der Waals surface area contributed by atoms with E-state index in [2.05, 4.69) is 10.6 Å². The van der Waals surface area contributed by atoms with Crippen molar-refractivity contribution in [3.63, 3.8) is 0 Å². The number of amides is 2. The summed E-state index contributed by atoms with van der Waals surface area (Å²) in [5.74, 6) is -2.45. The van der Waals surface area contributed by atoms with E-state index in [0.29, 0.717) is 24.2 Å². The highest BCUT2D eigenvalue weighted by atomic mass is 35.5. The van der Waals surface area contributed by atoms with Gasteiger partial charge in [-0.15, -0.1) is 0 Å². The smallest absolute Gasteiger partial charge is 0.253 e. The quantitative estimate of drug-likeness (QED) is 0.242. The predicted molar refractivity (Wildman–Crippen MR) is 177 cm³/mol. The Hall–Kier alpha value is -3.42. The second-order valence-electron chi connectivity index (χ2n) is 11.8. The van der Waals surface area contributed by atoms with Crippen molar-refractivity contribution in [2.24, 2.45) is 0 Å². The van der Waals surface area contributed by atoms with Gasteiger partial charge in [0.2, 0.25) is 10.0 Å². The number of aliphatic hydroxyl groups excluding tert-OH is 1. The Morgan fingerprint density at radius 1 is 1.04 bits per heavy atom. The van der Waals surface area contributed by atoms with E-state index in [4.69, 9.17) is 11.6 Å². The van der Waals surface area contributed by atoms with Crippen LogP contribution in [0.25, 0.3) is 0 Å². The number of piperazine rings is 1. The van der Waals surface area contributed by atoms with Crippen LogP contribution in [0, 0.1) is 18.6 Å². The fraction of sp³-hybridized carbons (Fsp3) is 0.412. The monoisotopic (exact) mass is 690 g/mol. The third kappa shape index (κ3) is 9.35. The Kier molecular flexibility index (Phi) is 12.5. The Morgan fingerprint density at radius 2 is 1.70 bits per heavy atom. The molecule has 3 atom stereocenters. The molecule has 0 aliphatic carbocycles. The normalized spacial score (nSPS) is 16.8. The van der Waals surface area contributed by atoms with E-state index in [9.17, 15) is 31.9 Å². The fourth-order valence-electron chi connectivity index (χ4n) is 5.82. The van der Waals surface area contributed by atoms with E-state index in [1.54, 1.807) is 30.0 Å². The Labute approximate surface area is 280 Å². The minimum atomic E-state index is -3.97. The Morgan fingerprint density at radius 3 is 2.34 bits per heavy atom. The van der Waals surface area contributed by atoms with E-state index in [1.165, 1.54) is 28.6 Å². The van der Waals surface area contributed by atoms with Crippen LogP contribution in [0.15, 0.2) is 65.6 Å². The standard InChI is InChI=1S/C34H41ClF2N4O5S/c1-4-10-40(11-5-2)34(44)25-14-22(3)13-24(18-25)33(43)39-30(17-23-15-27(36)20-28(37)16-23)32(42)31-21-41(12-9-38-31)47(45,46)29-8-6-7-26(35)19-29/h6-8,13-16,18-20,30-32,38,42H,4-5,9-12,17,21H2,1-3H3,(H,39,43)/t30-,31+,32-/m0/s1. The molecule has 0 saturated carbocycles. The number of hydrogen-bond donors (Lipinski definition) is 3. The number of nitrogens with one attached hydrogen (secondary N) is 2. The van der Waals surface area contributed by atoms with Gasteiger partial charge in [0.1, 0.15) is 11.6 Å². The van der Waals surface area contributed by atoms with Gasteiger partial charge in [-0.2, -0.15) is 4.31 Å². The largest absolute Gasteiger partial charge is 0.389 e. The van der Waals surface area contributed by atoms with Crippen LogP contribution in [0.5, 0.6) is 0 Å². The van der Waals surface area contributed by atoms with E-state index >= 15 is 0 Å². The summed E-state index contributed by atoms with van der Waals surface area (Å²) in [6.07, 6.45) is -0.00615. The van der Waals surface area contributed by atoms with Crippen LogP contribution < -0.4 is 10.6 Å². The number of aryl methyl sites for hydroxylation is 1. The molecule has 0 aromatic heterocycles. The molecule has 0 unspecified atom stereocenters. The summed E-state index contributed by atoms with van der Waals surface area (Å²) in [6.45, 7) is 7.04. The van der Waals surface area contributed by atoms with E-state index in [-0.39, 0.29) is 53.0 Å². The van der Waals surface area contributed by atoms with Gasteiger partial charge >= 0.3 is 0 Å². The molecule has 2 amide bonds. The maximum atomic E-state index is 14.2. The number of sulfonamides is 1. The molecule has 1 fully saturated rings. The van der Waals surface area contributed by atoms with Gasteiger partial charge in [-0.25, -0.2) is 17.2 Å². The molecule has 1 heterocycles. The molecular formula is C34H41ClF2N4O5S. The van der Waals surface area contributed by atoms with Crippen LogP contribution in [-0.2, 0) is 16.4 Å². The molecule has 9 nitrogen and oxygen atoms in total. The second-order valence-corrected chi connectivity index (χ2v) is 14.2. The lowest BCUT2D eigenvalue weighted by molar-refractivity contribution is 0.0600. The summed E-state index contributed by atoms with van der Waals surface area (Å²) >= 11 is 6.04. The minimum Gasteiger partial charge on any atom is -0.389 e. The first-order valence-electron chi connectivity index (χ1n) is 15.7. The number of rotatable bonds is 13. The van der Waals surface area contributed by atoms with Gasteiger partial charge in [-0.05, 0) is 85.8 Å². The number of carbonyl (C=O) groups is 2. The van der Waals surface area contributed by atoms with Crippen LogP contribution in [0.1, 0.15) is 58.5 Å². The first-order valence-corrected chi connectivity index (χ1v) is 17.5. The summed E-state index contributed by atoms with van der Waals surface area (Å²) in [5.41, 5.74) is 1.37. The molecule has 3 N–H and O–H groups in total. The molecule has 1 aliphatic rings. The number of benzene rings is 3. The van der Waals surface area contributed by atoms with E-state index in [1.807, 2.05) is 13.8 Å². The molecule has 13 heteroatoms. The maximum Gasteiger partial charge on any atom is 0.253 e. The van der Waals surface area contributed by atoms with Gasteiger partial charge in [0.05, 0.1) is 17.0 Å². The SMILES string of the molecule is CCCN(CCC)C(=O)c1cc(C)cc(C(=O)N[C@@H](Cc2cc(F)cc(F)c2)[C@H](O)[C@H]2CN(S(=O)(=O)c3cccc(Cl)c3)CCN2)c1. The first kappa shape index (κ1) is 36.4. The number of halogens is 3. The van der Waals surface area contributed by atoms with Gasteiger partial charge < -0.3 is 20.6 Å². The number of hydrogen-bond acceptors (Lipinski definition) is 6. The molecular weight excluding hydrogens is 650 g/mol. The molecule has 0 spiro atoms. The van der Waals surface area contributed by atoms with Crippen molar-refractivity contribution in [3.05, 3.63) is 99.6 Å². The van der Waals surface area contributed by atoms with Crippen molar-refractivity contribution in [3.8, 4) is 0 Å². The third-order valence-electron chi connectivity index (χ3n) is 7.98. The Bertz CT molecular complexity index is 1670. The fourth-order valence-corrected chi connectivity index (χ4v) is 7.59. The summed E-state index contributed by atoms with van der Waals surface area (Å²) in [7, 11) is -3.97. The second kappa shape index (κ2) is 16.1. The summed E-state index contributed by atoms with van der Waals surface area (Å²) in [4.78, 5) is 28.8. The van der Waals surface area contributed by atoms with Gasteiger partial charge in [0.25, 0.3) is 11.8 Å². The Balaban J connectivity index is 1.62. The molecule has 1 saturated heterocycles. The highest BCUT2D eigenvalue weighted by Crippen LogP contribution is 2.23. The summed E-state index contributed by atoms with van der Waals surface area (Å²) in [5, 5.41) is 17.8. The van der Waals surface area contributed by atoms with E-state index < -0.39 is 45.8 Å². The van der Waals surface area contributed by atoms with Crippen molar-refractivity contribution >= 4 is 33.4 Å². The van der Waals surface area contributed by atoms with Crippen molar-refractivity contribution < 1.29 is 31.9 Å². The zero-order chi connectivity index (χ0) is 34.3. The van der Waals surface area contributed by atoms with Crippen LogP contribution in [0.4, 0.5) is 8.78 Å². The third-order valence-corrected chi connectivity index (χ3v) is 10.1. The molecule has 47 heavy (non-hydrogen) atoms. The van der Waals surface area contributed by atoms with Crippen molar-refractivity contribution in [1.29, 1.82) is 0 Å². The molecule has 3 aromatic carbocycles. The first-order chi connectivity index (χ1) is 22.3. The number of carbonyl (C=O) groups excluding carboxylic acids is 2. The lowest BCUT2D eigenvalue weighted by atomic mass is 9.94. The highest BCUT2D eigenvalue weighted by molar-refractivity contribution is 7.89. The van der Waals surface area contributed by atoms with Gasteiger partial charge in [0, 0.05) is 61.0 Å². The van der Waals surface area contributed by atoms with Crippen LogP contribution in [-0.4, -0.2) is 85.5 Å². The van der Waals surface area contributed by atoms with Crippen LogP contribution in [0.2, 0.25) is 5.02 Å². The molecule has 1 aliphatic heterocycles. The van der Waals surface area contributed by atoms with Crippen LogP contribution >= 0.6 is 11.6 Å². The molecule has 3 aromatic rings. The molecule has 0 bridgehead atoms. The van der Waals surface area contributed by atoms with Gasteiger partial charge in [-0.3, -0.25) is 9.59 Å². The molecule has 0 radical (unpaired) electrons. The van der Waals surface area contributed by atoms with Gasteiger partial charge in [0.15, 0.2) is 0 Å². The molecule has 254 valence electrons. The van der Waals surface area contributed by atoms with Crippen molar-refractivity contribution in [1.82, 2.24) is 19.8 Å². The van der Waals surface area contributed by atoms with Crippen molar-refractivity contribution in [2.75, 3.05) is 32.7 Å². The van der Waals surface area contributed by atoms with Crippen LogP contribution in [0.3, 0.4) is 0 Å². The number of aliphatic hydroxyl groups is 1.